The first kappa shape index (κ1) is 21.1. The van der Waals surface area contributed by atoms with E-state index in [4.69, 9.17) is 5.73 Å². The third-order valence-corrected chi connectivity index (χ3v) is 6.43. The molecule has 162 valence electrons. The van der Waals surface area contributed by atoms with Gasteiger partial charge in [-0.1, -0.05) is 24.3 Å². The number of nitrogens with one attached hydrogen (secondary N) is 1. The lowest BCUT2D eigenvalue weighted by molar-refractivity contribution is -0.111. The highest BCUT2D eigenvalue weighted by atomic mass is 32.2. The molecular weight excluding hydrogens is 426 g/mol. The Balaban J connectivity index is 1.48. The van der Waals surface area contributed by atoms with Crippen LogP contribution >= 0.6 is 0 Å². The molecule has 4 aromatic rings. The maximum absolute atomic E-state index is 12.9. The van der Waals surface area contributed by atoms with Gasteiger partial charge in [0.05, 0.1) is 22.0 Å². The highest BCUT2D eigenvalue weighted by Gasteiger charge is 2.17. The molecule has 0 fully saturated rings. The predicted molar refractivity (Wildman–Crippen MR) is 124 cm³/mol. The number of para-hydroxylation sites is 2. The lowest BCUT2D eigenvalue weighted by Crippen LogP contribution is -2.10. The maximum atomic E-state index is 12.9. The maximum Gasteiger partial charge on any atom is 0.267 e. The molecule has 2 aromatic heterocycles. The van der Waals surface area contributed by atoms with Crippen molar-refractivity contribution in [3.8, 4) is 11.3 Å². The second kappa shape index (κ2) is 8.56. The summed E-state index contributed by atoms with van der Waals surface area (Å²) in [5.41, 5.74) is 8.94. The van der Waals surface area contributed by atoms with Gasteiger partial charge >= 0.3 is 0 Å². The van der Waals surface area contributed by atoms with Crippen LogP contribution < -0.4 is 11.1 Å². The molecule has 0 unspecified atom stereocenters. The van der Waals surface area contributed by atoms with E-state index in [1.54, 1.807) is 59.3 Å². The van der Waals surface area contributed by atoms with Crippen LogP contribution in [-0.2, 0) is 21.9 Å². The van der Waals surface area contributed by atoms with Gasteiger partial charge in [0.15, 0.2) is 0 Å². The lowest BCUT2D eigenvalue weighted by atomic mass is 10.2. The van der Waals surface area contributed by atoms with E-state index in [1.165, 1.54) is 24.5 Å². The molecule has 1 amide bonds. The average molecular weight is 448 g/mol. The van der Waals surface area contributed by atoms with Gasteiger partial charge in [0.25, 0.3) is 10.0 Å². The van der Waals surface area contributed by atoms with Gasteiger partial charge in [0.2, 0.25) is 5.91 Å². The highest BCUT2D eigenvalue weighted by molar-refractivity contribution is 7.90. The quantitative estimate of drug-likeness (QED) is 0.348. The molecule has 2 aromatic carbocycles. The second-order valence-corrected chi connectivity index (χ2v) is 8.93. The summed E-state index contributed by atoms with van der Waals surface area (Å²) < 4.78 is 28.7. The fourth-order valence-electron chi connectivity index (χ4n) is 3.09. The summed E-state index contributed by atoms with van der Waals surface area (Å²) in [6.45, 7) is 0. The Labute approximate surface area is 185 Å². The van der Waals surface area contributed by atoms with E-state index < -0.39 is 10.0 Å². The summed E-state index contributed by atoms with van der Waals surface area (Å²) >= 11 is 0. The summed E-state index contributed by atoms with van der Waals surface area (Å²) in [6, 6.07) is 16.9. The number of benzene rings is 2. The van der Waals surface area contributed by atoms with Gasteiger partial charge < -0.3 is 11.1 Å². The van der Waals surface area contributed by atoms with Crippen molar-refractivity contribution in [3.63, 3.8) is 0 Å². The van der Waals surface area contributed by atoms with E-state index in [0.29, 0.717) is 16.9 Å². The Bertz CT molecular complexity index is 1400. The van der Waals surface area contributed by atoms with Crippen LogP contribution in [0.1, 0.15) is 5.56 Å². The van der Waals surface area contributed by atoms with Crippen LogP contribution in [0.3, 0.4) is 0 Å². The Morgan fingerprint density at radius 3 is 2.47 bits per heavy atom. The molecule has 4 rings (SSSR count). The first-order valence-corrected chi connectivity index (χ1v) is 11.1. The van der Waals surface area contributed by atoms with E-state index >= 15 is 0 Å². The molecule has 0 spiro atoms. The van der Waals surface area contributed by atoms with Crippen molar-refractivity contribution in [1.29, 1.82) is 0 Å². The molecule has 0 aliphatic heterocycles. The zero-order chi connectivity index (χ0) is 22.7. The Kier molecular flexibility index (Phi) is 5.65. The molecular formula is C23H21N5O3S. The van der Waals surface area contributed by atoms with Gasteiger partial charge in [0, 0.05) is 37.3 Å². The minimum absolute atomic E-state index is 0.153. The number of amides is 1. The van der Waals surface area contributed by atoms with Crippen molar-refractivity contribution in [3.05, 3.63) is 90.9 Å². The van der Waals surface area contributed by atoms with Gasteiger partial charge in [-0.3, -0.25) is 9.48 Å². The smallest absolute Gasteiger partial charge is 0.267 e. The lowest BCUT2D eigenvalue weighted by Gasteiger charge is -2.06. The molecule has 3 N–H and O–H groups in total. The molecule has 8 nitrogen and oxygen atoms in total. The van der Waals surface area contributed by atoms with Gasteiger partial charge in [0.1, 0.15) is 0 Å². The normalized spacial score (nSPS) is 11.7. The van der Waals surface area contributed by atoms with Crippen molar-refractivity contribution in [2.24, 2.45) is 7.05 Å². The van der Waals surface area contributed by atoms with Crippen molar-refractivity contribution in [2.75, 3.05) is 11.1 Å². The molecule has 0 aliphatic rings. The summed E-state index contributed by atoms with van der Waals surface area (Å²) in [4.78, 5) is 12.3. The number of aryl methyl sites for hydroxylation is 1. The minimum atomic E-state index is -3.76. The van der Waals surface area contributed by atoms with Crippen LogP contribution in [0, 0.1) is 0 Å². The topological polar surface area (TPSA) is 112 Å². The highest BCUT2D eigenvalue weighted by Crippen LogP contribution is 2.22. The van der Waals surface area contributed by atoms with Crippen LogP contribution in [0.15, 0.2) is 90.2 Å². The molecule has 32 heavy (non-hydrogen) atoms. The molecule has 0 radical (unpaired) electrons. The monoisotopic (exact) mass is 447 g/mol. The van der Waals surface area contributed by atoms with Crippen molar-refractivity contribution < 1.29 is 13.2 Å². The van der Waals surface area contributed by atoms with E-state index in [1.807, 2.05) is 19.3 Å². The number of anilines is 2. The van der Waals surface area contributed by atoms with Gasteiger partial charge in [-0.25, -0.2) is 12.4 Å². The van der Waals surface area contributed by atoms with E-state index in [0.717, 1.165) is 15.2 Å². The molecule has 0 aliphatic carbocycles. The Morgan fingerprint density at radius 2 is 1.78 bits per heavy atom. The van der Waals surface area contributed by atoms with Crippen molar-refractivity contribution in [1.82, 2.24) is 13.8 Å². The minimum Gasteiger partial charge on any atom is -0.397 e. The largest absolute Gasteiger partial charge is 0.397 e. The number of aromatic nitrogens is 3. The third-order valence-electron chi connectivity index (χ3n) is 4.78. The van der Waals surface area contributed by atoms with E-state index in [-0.39, 0.29) is 10.8 Å². The summed E-state index contributed by atoms with van der Waals surface area (Å²) in [5, 5.41) is 7.00. The molecule has 0 saturated heterocycles. The molecule has 0 atom stereocenters. The standard InChI is InChI=1S/C23H21N5O3S/c1-27-14-13-21(26-27)18-7-9-19(10-8-18)32(30,31)28-15-12-17(16-28)6-11-23(29)25-22-5-3-2-4-20(22)24/h2-16H,24H2,1H3,(H,25,29). The van der Waals surface area contributed by atoms with Gasteiger partial charge in [-0.15, -0.1) is 0 Å². The van der Waals surface area contributed by atoms with Gasteiger partial charge in [-0.05, 0) is 48.0 Å². The number of nitrogens with zero attached hydrogens (tertiary/aromatic N) is 3. The fourth-order valence-corrected chi connectivity index (χ4v) is 4.29. The number of rotatable bonds is 6. The van der Waals surface area contributed by atoms with Crippen LogP contribution in [-0.4, -0.2) is 28.1 Å². The first-order valence-electron chi connectivity index (χ1n) is 9.70. The number of nitrogens with two attached hydrogens (primary N) is 1. The zero-order valence-electron chi connectivity index (χ0n) is 17.2. The second-order valence-electron chi connectivity index (χ2n) is 7.09. The Morgan fingerprint density at radius 1 is 1.03 bits per heavy atom. The number of hydrogen-bond donors (Lipinski definition) is 2. The fraction of sp³-hybridized carbons (Fsp3) is 0.0435. The molecule has 0 saturated carbocycles. The molecule has 9 heteroatoms. The molecule has 0 bridgehead atoms. The van der Waals surface area contributed by atoms with E-state index in [9.17, 15) is 13.2 Å². The number of carbonyl (C=O) groups excluding carboxylic acids is 1. The van der Waals surface area contributed by atoms with Crippen LogP contribution in [0.5, 0.6) is 0 Å². The summed E-state index contributed by atoms with van der Waals surface area (Å²) in [7, 11) is -1.94. The van der Waals surface area contributed by atoms with Crippen molar-refractivity contribution in [2.45, 2.75) is 4.90 Å². The van der Waals surface area contributed by atoms with Crippen LogP contribution in [0.2, 0.25) is 0 Å². The zero-order valence-corrected chi connectivity index (χ0v) is 18.0. The number of hydrogen-bond acceptors (Lipinski definition) is 5. The van der Waals surface area contributed by atoms with Gasteiger partial charge in [-0.2, -0.15) is 5.10 Å². The number of carbonyl (C=O) groups is 1. The van der Waals surface area contributed by atoms with Crippen LogP contribution in [0.4, 0.5) is 11.4 Å². The third kappa shape index (κ3) is 4.47. The predicted octanol–water partition coefficient (Wildman–Crippen LogP) is 3.36. The van der Waals surface area contributed by atoms with Crippen LogP contribution in [0.25, 0.3) is 17.3 Å². The first-order chi connectivity index (χ1) is 15.3. The Hall–Kier alpha value is -4.11. The molecule has 2 heterocycles. The van der Waals surface area contributed by atoms with Crippen molar-refractivity contribution >= 4 is 33.4 Å². The van der Waals surface area contributed by atoms with E-state index in [2.05, 4.69) is 10.4 Å². The average Bonchev–Trinajstić information content (AvgIpc) is 3.44. The summed E-state index contributed by atoms with van der Waals surface area (Å²) in [5.74, 6) is -0.372. The number of nitrogen functional groups attached to an aromatic ring is 1. The SMILES string of the molecule is Cn1ccc(-c2ccc(S(=O)(=O)n3ccc(C=CC(=O)Nc4ccccc4N)c3)cc2)n1. The summed E-state index contributed by atoms with van der Waals surface area (Å²) in [6.07, 6.45) is 7.56.